The van der Waals surface area contributed by atoms with Crippen molar-refractivity contribution in [2.24, 2.45) is 0 Å². The third-order valence-electron chi connectivity index (χ3n) is 2.98. The van der Waals surface area contributed by atoms with Crippen molar-refractivity contribution in [1.82, 2.24) is 0 Å². The van der Waals surface area contributed by atoms with Gasteiger partial charge in [0, 0.05) is 0 Å². The summed E-state index contributed by atoms with van der Waals surface area (Å²) in [5.41, 5.74) is 1.69. The van der Waals surface area contributed by atoms with E-state index in [-0.39, 0.29) is 5.97 Å². The van der Waals surface area contributed by atoms with Gasteiger partial charge in [0.1, 0.15) is 0 Å². The Morgan fingerprint density at radius 2 is 1.80 bits per heavy atom. The summed E-state index contributed by atoms with van der Waals surface area (Å²) < 4.78 is 10.7. The first-order valence-corrected chi connectivity index (χ1v) is 6.68. The SMILES string of the molecule is CCCc1ccc(OC(=O)c2ccccc2)c(OC)c1. The van der Waals surface area contributed by atoms with Crippen LogP contribution in [-0.2, 0) is 6.42 Å². The van der Waals surface area contributed by atoms with Crippen LogP contribution in [0.15, 0.2) is 48.5 Å². The number of esters is 1. The van der Waals surface area contributed by atoms with Crippen LogP contribution in [0.1, 0.15) is 29.3 Å². The molecule has 0 fully saturated rings. The van der Waals surface area contributed by atoms with Gasteiger partial charge in [-0.2, -0.15) is 0 Å². The first-order valence-electron chi connectivity index (χ1n) is 6.68. The monoisotopic (exact) mass is 270 g/mol. The predicted octanol–water partition coefficient (Wildman–Crippen LogP) is 3.87. The molecular formula is C17H18O3. The summed E-state index contributed by atoms with van der Waals surface area (Å²) >= 11 is 0. The molecule has 0 aliphatic rings. The molecular weight excluding hydrogens is 252 g/mol. The average Bonchev–Trinajstić information content (AvgIpc) is 2.50. The van der Waals surface area contributed by atoms with Gasteiger partial charge in [-0.05, 0) is 36.2 Å². The van der Waals surface area contributed by atoms with E-state index < -0.39 is 0 Å². The van der Waals surface area contributed by atoms with Gasteiger partial charge >= 0.3 is 5.97 Å². The third kappa shape index (κ3) is 3.38. The highest BCUT2D eigenvalue weighted by molar-refractivity contribution is 5.91. The largest absolute Gasteiger partial charge is 0.493 e. The second-order valence-corrected chi connectivity index (χ2v) is 4.49. The van der Waals surface area contributed by atoms with E-state index in [2.05, 4.69) is 6.92 Å². The zero-order valence-corrected chi connectivity index (χ0v) is 11.8. The van der Waals surface area contributed by atoms with Crippen LogP contribution in [0.5, 0.6) is 11.5 Å². The van der Waals surface area contributed by atoms with Crippen LogP contribution in [0.4, 0.5) is 0 Å². The molecule has 3 nitrogen and oxygen atoms in total. The molecule has 0 amide bonds. The Balaban J connectivity index is 2.18. The Morgan fingerprint density at radius 3 is 2.45 bits per heavy atom. The van der Waals surface area contributed by atoms with Crippen molar-refractivity contribution >= 4 is 5.97 Å². The number of carbonyl (C=O) groups excluding carboxylic acids is 1. The summed E-state index contributed by atoms with van der Waals surface area (Å²) in [4.78, 5) is 12.0. The number of benzene rings is 2. The molecule has 2 aromatic rings. The molecule has 0 saturated heterocycles. The maximum Gasteiger partial charge on any atom is 0.343 e. The second kappa shape index (κ2) is 6.75. The number of rotatable bonds is 5. The molecule has 0 spiro atoms. The van der Waals surface area contributed by atoms with E-state index in [1.165, 1.54) is 5.56 Å². The van der Waals surface area contributed by atoms with E-state index in [9.17, 15) is 4.79 Å². The van der Waals surface area contributed by atoms with Crippen molar-refractivity contribution in [2.45, 2.75) is 19.8 Å². The average molecular weight is 270 g/mol. The molecule has 0 unspecified atom stereocenters. The highest BCUT2D eigenvalue weighted by atomic mass is 16.6. The normalized spacial score (nSPS) is 10.1. The van der Waals surface area contributed by atoms with Gasteiger partial charge in [-0.1, -0.05) is 37.6 Å². The fourth-order valence-corrected chi connectivity index (χ4v) is 1.97. The van der Waals surface area contributed by atoms with E-state index in [4.69, 9.17) is 9.47 Å². The quantitative estimate of drug-likeness (QED) is 0.611. The van der Waals surface area contributed by atoms with Gasteiger partial charge in [-0.15, -0.1) is 0 Å². The van der Waals surface area contributed by atoms with E-state index in [1.54, 1.807) is 37.4 Å². The number of hydrogen-bond donors (Lipinski definition) is 0. The number of aryl methyl sites for hydroxylation is 1. The summed E-state index contributed by atoms with van der Waals surface area (Å²) in [7, 11) is 1.57. The van der Waals surface area contributed by atoms with E-state index in [1.807, 2.05) is 18.2 Å². The Morgan fingerprint density at radius 1 is 1.05 bits per heavy atom. The van der Waals surface area contributed by atoms with Crippen molar-refractivity contribution in [3.63, 3.8) is 0 Å². The fraction of sp³-hybridized carbons (Fsp3) is 0.235. The molecule has 0 aromatic heterocycles. The standard InChI is InChI=1S/C17H18O3/c1-3-7-13-10-11-15(16(12-13)19-2)20-17(18)14-8-5-4-6-9-14/h4-6,8-12H,3,7H2,1-2H3. The first-order chi connectivity index (χ1) is 9.74. The maximum atomic E-state index is 12.0. The van der Waals surface area contributed by atoms with Crippen molar-refractivity contribution in [3.8, 4) is 11.5 Å². The molecule has 0 radical (unpaired) electrons. The summed E-state index contributed by atoms with van der Waals surface area (Å²) in [5.74, 6) is 0.647. The van der Waals surface area contributed by atoms with Gasteiger partial charge in [0.25, 0.3) is 0 Å². The lowest BCUT2D eigenvalue weighted by Gasteiger charge is -2.10. The lowest BCUT2D eigenvalue weighted by atomic mass is 10.1. The van der Waals surface area contributed by atoms with Gasteiger partial charge in [0.15, 0.2) is 11.5 Å². The molecule has 0 aliphatic heterocycles. The van der Waals surface area contributed by atoms with Crippen molar-refractivity contribution in [2.75, 3.05) is 7.11 Å². The number of hydrogen-bond acceptors (Lipinski definition) is 3. The van der Waals surface area contributed by atoms with E-state index in [0.717, 1.165) is 12.8 Å². The van der Waals surface area contributed by atoms with Crippen LogP contribution in [0.25, 0.3) is 0 Å². The van der Waals surface area contributed by atoms with Gasteiger partial charge in [-0.25, -0.2) is 4.79 Å². The van der Waals surface area contributed by atoms with Crippen molar-refractivity contribution < 1.29 is 14.3 Å². The van der Waals surface area contributed by atoms with Crippen LogP contribution in [0.2, 0.25) is 0 Å². The summed E-state index contributed by atoms with van der Waals surface area (Å²) in [6.45, 7) is 2.12. The van der Waals surface area contributed by atoms with Crippen LogP contribution in [-0.4, -0.2) is 13.1 Å². The molecule has 0 N–H and O–H groups in total. The minimum atomic E-state index is -0.382. The Bertz CT molecular complexity index is 576. The highest BCUT2D eigenvalue weighted by Gasteiger charge is 2.12. The molecule has 0 heterocycles. The fourth-order valence-electron chi connectivity index (χ4n) is 1.97. The van der Waals surface area contributed by atoms with Crippen LogP contribution in [0.3, 0.4) is 0 Å². The van der Waals surface area contributed by atoms with E-state index >= 15 is 0 Å². The molecule has 3 heteroatoms. The molecule has 104 valence electrons. The predicted molar refractivity (Wildman–Crippen MR) is 78.4 cm³/mol. The van der Waals surface area contributed by atoms with Gasteiger partial charge in [-0.3, -0.25) is 0 Å². The second-order valence-electron chi connectivity index (χ2n) is 4.49. The summed E-state index contributed by atoms with van der Waals surface area (Å²) in [5, 5.41) is 0. The molecule has 2 rings (SSSR count). The Kier molecular flexibility index (Phi) is 4.77. The number of carbonyl (C=O) groups is 1. The lowest BCUT2D eigenvalue weighted by Crippen LogP contribution is -2.09. The number of methoxy groups -OCH3 is 1. The highest BCUT2D eigenvalue weighted by Crippen LogP contribution is 2.29. The first kappa shape index (κ1) is 14.1. The van der Waals surface area contributed by atoms with Crippen LogP contribution < -0.4 is 9.47 Å². The minimum Gasteiger partial charge on any atom is -0.493 e. The van der Waals surface area contributed by atoms with Crippen LogP contribution >= 0.6 is 0 Å². The number of ether oxygens (including phenoxy) is 2. The van der Waals surface area contributed by atoms with E-state index in [0.29, 0.717) is 17.1 Å². The van der Waals surface area contributed by atoms with Crippen LogP contribution in [0, 0.1) is 0 Å². The van der Waals surface area contributed by atoms with Crippen molar-refractivity contribution in [3.05, 3.63) is 59.7 Å². The van der Waals surface area contributed by atoms with Gasteiger partial charge < -0.3 is 9.47 Å². The maximum absolute atomic E-state index is 12.0. The Labute approximate surface area is 119 Å². The molecule has 0 bridgehead atoms. The Hall–Kier alpha value is -2.29. The molecule has 0 saturated carbocycles. The molecule has 20 heavy (non-hydrogen) atoms. The van der Waals surface area contributed by atoms with Gasteiger partial charge in [0.2, 0.25) is 0 Å². The molecule has 2 aromatic carbocycles. The topological polar surface area (TPSA) is 35.5 Å². The van der Waals surface area contributed by atoms with Gasteiger partial charge in [0.05, 0.1) is 12.7 Å². The molecule has 0 atom stereocenters. The lowest BCUT2D eigenvalue weighted by molar-refractivity contribution is 0.0729. The zero-order chi connectivity index (χ0) is 14.4. The third-order valence-corrected chi connectivity index (χ3v) is 2.98. The summed E-state index contributed by atoms with van der Waals surface area (Å²) in [6.07, 6.45) is 2.04. The smallest absolute Gasteiger partial charge is 0.343 e. The van der Waals surface area contributed by atoms with Crippen molar-refractivity contribution in [1.29, 1.82) is 0 Å². The summed E-state index contributed by atoms with van der Waals surface area (Å²) in [6, 6.07) is 14.6. The zero-order valence-electron chi connectivity index (χ0n) is 11.8. The minimum absolute atomic E-state index is 0.382. The molecule has 0 aliphatic carbocycles.